The molecule has 88 valence electrons. The van der Waals surface area contributed by atoms with Crippen molar-refractivity contribution < 1.29 is 15.0 Å². The molecular weight excluding hydrogens is 210 g/mol. The maximum Gasteiger partial charge on any atom is 0.339 e. The monoisotopic (exact) mass is 225 g/mol. The Morgan fingerprint density at radius 1 is 1.62 bits per heavy atom. The van der Waals surface area contributed by atoms with Crippen LogP contribution in [-0.2, 0) is 0 Å². The molecule has 6 nitrogen and oxygen atoms in total. The van der Waals surface area contributed by atoms with Gasteiger partial charge in [-0.2, -0.15) is 0 Å². The molecule has 0 saturated carbocycles. The van der Waals surface area contributed by atoms with Crippen molar-refractivity contribution in [3.63, 3.8) is 0 Å². The van der Waals surface area contributed by atoms with E-state index in [4.69, 9.17) is 5.11 Å². The van der Waals surface area contributed by atoms with Gasteiger partial charge in [-0.05, 0) is 13.3 Å². The van der Waals surface area contributed by atoms with E-state index in [1.807, 2.05) is 6.92 Å². The highest BCUT2D eigenvalue weighted by Crippen LogP contribution is 2.07. The summed E-state index contributed by atoms with van der Waals surface area (Å²) >= 11 is 0. The summed E-state index contributed by atoms with van der Waals surface area (Å²) in [5.41, 5.74) is 0.484. The van der Waals surface area contributed by atoms with E-state index in [2.05, 4.69) is 15.3 Å². The number of aromatic carboxylic acids is 1. The van der Waals surface area contributed by atoms with E-state index in [0.717, 1.165) is 0 Å². The first-order chi connectivity index (χ1) is 7.54. The summed E-state index contributed by atoms with van der Waals surface area (Å²) in [6, 6.07) is 0. The fourth-order valence-electron chi connectivity index (χ4n) is 1.12. The van der Waals surface area contributed by atoms with Crippen LogP contribution in [0.5, 0.6) is 0 Å². The molecule has 1 rings (SSSR count). The van der Waals surface area contributed by atoms with Crippen molar-refractivity contribution in [2.45, 2.75) is 26.4 Å². The van der Waals surface area contributed by atoms with Gasteiger partial charge in [-0.1, -0.05) is 6.92 Å². The third-order valence-corrected chi connectivity index (χ3v) is 2.18. The average molecular weight is 225 g/mol. The molecule has 1 aromatic heterocycles. The molecule has 16 heavy (non-hydrogen) atoms. The lowest BCUT2D eigenvalue weighted by Gasteiger charge is -2.09. The SMILES string of the molecule is CCC(O)CNc1ncc(C(=O)O)c(C)n1. The molecule has 0 aliphatic rings. The number of nitrogens with one attached hydrogen (secondary N) is 1. The van der Waals surface area contributed by atoms with Crippen molar-refractivity contribution in [1.82, 2.24) is 9.97 Å². The van der Waals surface area contributed by atoms with Crippen LogP contribution in [0.15, 0.2) is 6.20 Å². The van der Waals surface area contributed by atoms with E-state index < -0.39 is 12.1 Å². The van der Waals surface area contributed by atoms with Gasteiger partial charge in [0.05, 0.1) is 17.4 Å². The van der Waals surface area contributed by atoms with Crippen LogP contribution in [-0.4, -0.2) is 38.8 Å². The molecule has 3 N–H and O–H groups in total. The third kappa shape index (κ3) is 3.16. The summed E-state index contributed by atoms with van der Waals surface area (Å²) in [4.78, 5) is 18.5. The van der Waals surface area contributed by atoms with Gasteiger partial charge in [-0.25, -0.2) is 14.8 Å². The van der Waals surface area contributed by atoms with E-state index in [9.17, 15) is 9.90 Å². The fourth-order valence-corrected chi connectivity index (χ4v) is 1.12. The maximum absolute atomic E-state index is 10.7. The molecule has 6 heteroatoms. The number of aryl methyl sites for hydroxylation is 1. The normalized spacial score (nSPS) is 12.2. The second kappa shape index (κ2) is 5.41. The molecule has 0 saturated heterocycles. The van der Waals surface area contributed by atoms with Crippen LogP contribution in [0.25, 0.3) is 0 Å². The zero-order valence-electron chi connectivity index (χ0n) is 9.27. The van der Waals surface area contributed by atoms with E-state index in [0.29, 0.717) is 24.6 Å². The molecule has 0 aliphatic carbocycles. The highest BCUT2D eigenvalue weighted by molar-refractivity contribution is 5.88. The molecule has 0 spiro atoms. The zero-order valence-corrected chi connectivity index (χ0v) is 9.27. The molecule has 0 aliphatic heterocycles. The first-order valence-corrected chi connectivity index (χ1v) is 5.03. The lowest BCUT2D eigenvalue weighted by Crippen LogP contribution is -2.20. The number of aliphatic hydroxyl groups excluding tert-OH is 1. The number of anilines is 1. The van der Waals surface area contributed by atoms with E-state index in [-0.39, 0.29) is 5.56 Å². The van der Waals surface area contributed by atoms with Crippen LogP contribution in [0.2, 0.25) is 0 Å². The lowest BCUT2D eigenvalue weighted by atomic mass is 10.2. The Morgan fingerprint density at radius 2 is 2.31 bits per heavy atom. The minimum Gasteiger partial charge on any atom is -0.478 e. The minimum atomic E-state index is -1.04. The summed E-state index contributed by atoms with van der Waals surface area (Å²) in [5.74, 6) is -0.715. The Labute approximate surface area is 93.4 Å². The number of nitrogens with zero attached hydrogens (tertiary/aromatic N) is 2. The van der Waals surface area contributed by atoms with Gasteiger partial charge < -0.3 is 15.5 Å². The Bertz CT molecular complexity index is 382. The fraction of sp³-hybridized carbons (Fsp3) is 0.500. The number of hydrogen-bond acceptors (Lipinski definition) is 5. The first-order valence-electron chi connectivity index (χ1n) is 5.03. The molecule has 1 atom stereocenters. The van der Waals surface area contributed by atoms with Gasteiger partial charge in [0, 0.05) is 12.7 Å². The number of hydrogen-bond donors (Lipinski definition) is 3. The summed E-state index contributed by atoms with van der Waals surface area (Å²) in [6.45, 7) is 3.82. The smallest absolute Gasteiger partial charge is 0.339 e. The number of aliphatic hydroxyl groups is 1. The number of carboxylic acids is 1. The Kier molecular flexibility index (Phi) is 4.19. The van der Waals surface area contributed by atoms with Gasteiger partial charge in [-0.3, -0.25) is 0 Å². The zero-order chi connectivity index (χ0) is 12.1. The Hall–Kier alpha value is -1.69. The summed E-state index contributed by atoms with van der Waals surface area (Å²) < 4.78 is 0. The van der Waals surface area contributed by atoms with E-state index in [1.54, 1.807) is 6.92 Å². The standard InChI is InChI=1S/C10H15N3O3/c1-3-7(14)4-11-10-12-5-8(9(15)16)6(2)13-10/h5,7,14H,3-4H2,1-2H3,(H,15,16)(H,11,12,13). The molecule has 0 aromatic carbocycles. The largest absolute Gasteiger partial charge is 0.478 e. The number of rotatable bonds is 5. The van der Waals surface area contributed by atoms with Gasteiger partial charge in [0.1, 0.15) is 0 Å². The molecule has 1 unspecified atom stereocenters. The molecule has 0 amide bonds. The Morgan fingerprint density at radius 3 is 2.81 bits per heavy atom. The van der Waals surface area contributed by atoms with Crippen LogP contribution in [0.1, 0.15) is 29.4 Å². The Balaban J connectivity index is 2.70. The summed E-state index contributed by atoms with van der Waals surface area (Å²) in [7, 11) is 0. The van der Waals surface area contributed by atoms with E-state index >= 15 is 0 Å². The molecule has 0 bridgehead atoms. The van der Waals surface area contributed by atoms with Gasteiger partial charge in [-0.15, -0.1) is 0 Å². The predicted molar refractivity (Wildman–Crippen MR) is 58.5 cm³/mol. The highest BCUT2D eigenvalue weighted by atomic mass is 16.4. The second-order valence-electron chi connectivity index (χ2n) is 3.44. The van der Waals surface area contributed by atoms with Crippen LogP contribution < -0.4 is 5.32 Å². The van der Waals surface area contributed by atoms with Gasteiger partial charge in [0.2, 0.25) is 5.95 Å². The highest BCUT2D eigenvalue weighted by Gasteiger charge is 2.10. The predicted octanol–water partition coefficient (Wildman–Crippen LogP) is 0.666. The first kappa shape index (κ1) is 12.4. The van der Waals surface area contributed by atoms with Crippen molar-refractivity contribution in [1.29, 1.82) is 0 Å². The number of carbonyl (C=O) groups is 1. The topological polar surface area (TPSA) is 95.3 Å². The molecular formula is C10H15N3O3. The average Bonchev–Trinajstić information content (AvgIpc) is 2.25. The van der Waals surface area contributed by atoms with Crippen LogP contribution in [0.4, 0.5) is 5.95 Å². The van der Waals surface area contributed by atoms with Gasteiger partial charge in [0.15, 0.2) is 0 Å². The minimum absolute atomic E-state index is 0.0848. The number of carboxylic acid groups (broad SMARTS) is 1. The number of aromatic nitrogens is 2. The van der Waals surface area contributed by atoms with Crippen molar-refractivity contribution in [2.75, 3.05) is 11.9 Å². The molecule has 0 fully saturated rings. The molecule has 1 heterocycles. The van der Waals surface area contributed by atoms with Crippen molar-refractivity contribution >= 4 is 11.9 Å². The van der Waals surface area contributed by atoms with Crippen LogP contribution >= 0.6 is 0 Å². The summed E-state index contributed by atoms with van der Waals surface area (Å²) in [5, 5.41) is 20.9. The van der Waals surface area contributed by atoms with Crippen LogP contribution in [0.3, 0.4) is 0 Å². The third-order valence-electron chi connectivity index (χ3n) is 2.18. The summed E-state index contributed by atoms with van der Waals surface area (Å²) in [6.07, 6.45) is 1.44. The molecule has 1 aromatic rings. The second-order valence-corrected chi connectivity index (χ2v) is 3.44. The lowest BCUT2D eigenvalue weighted by molar-refractivity contribution is 0.0695. The van der Waals surface area contributed by atoms with Gasteiger partial charge in [0.25, 0.3) is 0 Å². The van der Waals surface area contributed by atoms with Gasteiger partial charge >= 0.3 is 5.97 Å². The maximum atomic E-state index is 10.7. The molecule has 0 radical (unpaired) electrons. The van der Waals surface area contributed by atoms with Crippen LogP contribution in [0, 0.1) is 6.92 Å². The van der Waals surface area contributed by atoms with E-state index in [1.165, 1.54) is 6.20 Å². The van der Waals surface area contributed by atoms with Crippen molar-refractivity contribution in [3.8, 4) is 0 Å². The quantitative estimate of drug-likeness (QED) is 0.681. The van der Waals surface area contributed by atoms with Crippen molar-refractivity contribution in [2.24, 2.45) is 0 Å². The van der Waals surface area contributed by atoms with Crippen molar-refractivity contribution in [3.05, 3.63) is 17.5 Å².